The molecule has 0 aliphatic heterocycles. The molecule has 0 aromatic rings. The number of hydrogen-bond donors (Lipinski definition) is 0. The van der Waals surface area contributed by atoms with Crippen LogP contribution in [0.4, 0.5) is 0 Å². The molecule has 0 radical (unpaired) electrons. The van der Waals surface area contributed by atoms with Crippen molar-refractivity contribution in [3.63, 3.8) is 0 Å². The minimum atomic E-state index is -3.51. The molecule has 0 saturated carbocycles. The minimum Gasteiger partial charge on any atom is -0.208 e. The summed E-state index contributed by atoms with van der Waals surface area (Å²) in [7, 11) is -3.51. The highest BCUT2D eigenvalue weighted by Gasteiger charge is 2.16. The standard InChI is InChI=1S/C8H11N3O2S/c1-2-14(12,13)11(7-3-5-9)8-4-6-10/h2H,1,3-4,7-8H2. The Kier molecular flexibility index (Phi) is 5.54. The van der Waals surface area contributed by atoms with Gasteiger partial charge in [-0.15, -0.1) is 0 Å². The van der Waals surface area contributed by atoms with Gasteiger partial charge in [0.1, 0.15) is 0 Å². The van der Waals surface area contributed by atoms with Gasteiger partial charge in [0.15, 0.2) is 0 Å². The van der Waals surface area contributed by atoms with Crippen molar-refractivity contribution in [3.8, 4) is 12.1 Å². The Morgan fingerprint density at radius 2 is 1.64 bits per heavy atom. The quantitative estimate of drug-likeness (QED) is 0.646. The number of hydrogen-bond acceptors (Lipinski definition) is 4. The zero-order valence-corrected chi connectivity index (χ0v) is 8.50. The molecule has 76 valence electrons. The summed E-state index contributed by atoms with van der Waals surface area (Å²) < 4.78 is 23.7. The van der Waals surface area contributed by atoms with Gasteiger partial charge in [0.25, 0.3) is 0 Å². The van der Waals surface area contributed by atoms with E-state index in [2.05, 4.69) is 6.58 Å². The summed E-state index contributed by atoms with van der Waals surface area (Å²) in [6.45, 7) is 3.38. The molecule has 0 rings (SSSR count). The van der Waals surface area contributed by atoms with Gasteiger partial charge in [-0.2, -0.15) is 14.8 Å². The van der Waals surface area contributed by atoms with Crippen molar-refractivity contribution in [2.24, 2.45) is 0 Å². The highest BCUT2D eigenvalue weighted by atomic mass is 32.2. The second kappa shape index (κ2) is 6.14. The average Bonchev–Trinajstić information content (AvgIpc) is 2.17. The van der Waals surface area contributed by atoms with Crippen LogP contribution in [0.25, 0.3) is 0 Å². The van der Waals surface area contributed by atoms with Crippen LogP contribution >= 0.6 is 0 Å². The van der Waals surface area contributed by atoms with E-state index in [0.717, 1.165) is 9.71 Å². The van der Waals surface area contributed by atoms with Gasteiger partial charge < -0.3 is 0 Å². The highest BCUT2D eigenvalue weighted by Crippen LogP contribution is 2.04. The van der Waals surface area contributed by atoms with Crippen LogP contribution in [0.15, 0.2) is 12.0 Å². The molecule has 0 bridgehead atoms. The lowest BCUT2D eigenvalue weighted by molar-refractivity contribution is 0.431. The smallest absolute Gasteiger partial charge is 0.208 e. The second-order valence-electron chi connectivity index (χ2n) is 2.43. The summed E-state index contributed by atoms with van der Waals surface area (Å²) in [6.07, 6.45) is 0.219. The molecule has 0 atom stereocenters. The predicted molar refractivity (Wildman–Crippen MR) is 51.1 cm³/mol. The van der Waals surface area contributed by atoms with Crippen LogP contribution < -0.4 is 0 Å². The molecule has 0 fully saturated rings. The Morgan fingerprint density at radius 1 is 1.21 bits per heavy atom. The van der Waals surface area contributed by atoms with Gasteiger partial charge in [-0.25, -0.2) is 8.42 Å². The molecule has 0 aromatic carbocycles. The van der Waals surface area contributed by atoms with E-state index in [0.29, 0.717) is 0 Å². The van der Waals surface area contributed by atoms with Crippen LogP contribution in [0.1, 0.15) is 12.8 Å². The van der Waals surface area contributed by atoms with Gasteiger partial charge in [0.2, 0.25) is 10.0 Å². The normalized spacial score (nSPS) is 10.5. The maximum absolute atomic E-state index is 11.3. The maximum Gasteiger partial charge on any atom is 0.235 e. The molecule has 0 N–H and O–H groups in total. The third-order valence-corrected chi connectivity index (χ3v) is 3.02. The zero-order valence-electron chi connectivity index (χ0n) is 7.68. The van der Waals surface area contributed by atoms with Crippen molar-refractivity contribution in [2.45, 2.75) is 12.8 Å². The van der Waals surface area contributed by atoms with E-state index in [1.807, 2.05) is 12.1 Å². The molecule has 0 saturated heterocycles. The van der Waals surface area contributed by atoms with Crippen molar-refractivity contribution in [1.82, 2.24) is 4.31 Å². The predicted octanol–water partition coefficient (Wildman–Crippen LogP) is 0.589. The van der Waals surface area contributed by atoms with Crippen molar-refractivity contribution >= 4 is 10.0 Å². The zero-order chi connectivity index (χ0) is 11.0. The first-order valence-corrected chi connectivity index (χ1v) is 5.45. The maximum atomic E-state index is 11.3. The molecule has 0 aromatic heterocycles. The lowest BCUT2D eigenvalue weighted by Crippen LogP contribution is -2.31. The number of sulfonamides is 1. The lowest BCUT2D eigenvalue weighted by atomic mass is 10.4. The van der Waals surface area contributed by atoms with E-state index in [-0.39, 0.29) is 25.9 Å². The van der Waals surface area contributed by atoms with Crippen LogP contribution in [0.3, 0.4) is 0 Å². The fraction of sp³-hybridized carbons (Fsp3) is 0.500. The molecular weight excluding hydrogens is 202 g/mol. The number of nitrogens with zero attached hydrogens (tertiary/aromatic N) is 3. The molecule has 0 aliphatic carbocycles. The number of rotatable bonds is 6. The summed E-state index contributed by atoms with van der Waals surface area (Å²) in [5.74, 6) is 0. The Balaban J connectivity index is 4.49. The van der Waals surface area contributed by atoms with Crippen LogP contribution in [0.2, 0.25) is 0 Å². The molecule has 0 heterocycles. The Hall–Kier alpha value is -1.37. The molecule has 6 heteroatoms. The first-order valence-electron chi connectivity index (χ1n) is 3.95. The fourth-order valence-electron chi connectivity index (χ4n) is 0.821. The van der Waals surface area contributed by atoms with Gasteiger partial charge in [0.05, 0.1) is 12.1 Å². The lowest BCUT2D eigenvalue weighted by Gasteiger charge is -2.16. The van der Waals surface area contributed by atoms with Crippen molar-refractivity contribution in [2.75, 3.05) is 13.1 Å². The molecule has 0 unspecified atom stereocenters. The summed E-state index contributed by atoms with van der Waals surface area (Å²) in [6, 6.07) is 3.69. The van der Waals surface area contributed by atoms with Crippen molar-refractivity contribution < 1.29 is 8.42 Å². The van der Waals surface area contributed by atoms with E-state index >= 15 is 0 Å². The Morgan fingerprint density at radius 3 is 1.93 bits per heavy atom. The SMILES string of the molecule is C=CS(=O)(=O)N(CCC#N)CCC#N. The number of nitriles is 2. The average molecular weight is 213 g/mol. The minimum absolute atomic E-state index is 0.104. The van der Waals surface area contributed by atoms with Gasteiger partial charge in [-0.3, -0.25) is 0 Å². The molecule has 0 aliphatic rings. The van der Waals surface area contributed by atoms with E-state index in [4.69, 9.17) is 10.5 Å². The molecule has 0 amide bonds. The summed E-state index contributed by atoms with van der Waals surface area (Å²) >= 11 is 0. The van der Waals surface area contributed by atoms with Gasteiger partial charge in [0, 0.05) is 31.3 Å². The van der Waals surface area contributed by atoms with E-state index < -0.39 is 10.0 Å². The van der Waals surface area contributed by atoms with Gasteiger partial charge in [-0.05, 0) is 0 Å². The molecular formula is C8H11N3O2S. The fourth-order valence-corrected chi connectivity index (χ4v) is 1.72. The van der Waals surface area contributed by atoms with E-state index in [1.54, 1.807) is 0 Å². The first kappa shape index (κ1) is 12.6. The van der Waals surface area contributed by atoms with Crippen molar-refractivity contribution in [1.29, 1.82) is 10.5 Å². The monoisotopic (exact) mass is 213 g/mol. The first-order chi connectivity index (χ1) is 6.58. The van der Waals surface area contributed by atoms with Crippen LogP contribution in [-0.2, 0) is 10.0 Å². The van der Waals surface area contributed by atoms with Crippen LogP contribution in [-0.4, -0.2) is 25.8 Å². The summed E-state index contributed by atoms with van der Waals surface area (Å²) in [5, 5.41) is 17.5. The topological polar surface area (TPSA) is 85.0 Å². The molecule has 14 heavy (non-hydrogen) atoms. The molecule has 5 nitrogen and oxygen atoms in total. The Labute approximate surface area is 83.9 Å². The third kappa shape index (κ3) is 4.04. The van der Waals surface area contributed by atoms with Gasteiger partial charge >= 0.3 is 0 Å². The highest BCUT2D eigenvalue weighted by molar-refractivity contribution is 7.92. The third-order valence-electron chi connectivity index (χ3n) is 1.52. The molecule has 0 spiro atoms. The van der Waals surface area contributed by atoms with Crippen LogP contribution in [0, 0.1) is 22.7 Å². The van der Waals surface area contributed by atoms with E-state index in [9.17, 15) is 8.42 Å². The van der Waals surface area contributed by atoms with Crippen LogP contribution in [0.5, 0.6) is 0 Å². The largest absolute Gasteiger partial charge is 0.235 e. The second-order valence-corrected chi connectivity index (χ2v) is 4.31. The van der Waals surface area contributed by atoms with Crippen molar-refractivity contribution in [3.05, 3.63) is 12.0 Å². The van der Waals surface area contributed by atoms with Gasteiger partial charge in [-0.1, -0.05) is 6.58 Å². The summed E-state index contributed by atoms with van der Waals surface area (Å²) in [5.41, 5.74) is 0. The summed E-state index contributed by atoms with van der Waals surface area (Å²) in [4.78, 5) is 0. The van der Waals surface area contributed by atoms with E-state index in [1.165, 1.54) is 0 Å². The Bertz CT molecular complexity index is 343.